The van der Waals surface area contributed by atoms with E-state index in [0.717, 1.165) is 18.7 Å². The van der Waals surface area contributed by atoms with E-state index in [0.29, 0.717) is 15.8 Å². The molecule has 5 heteroatoms. The van der Waals surface area contributed by atoms with E-state index in [4.69, 9.17) is 11.6 Å². The van der Waals surface area contributed by atoms with Crippen molar-refractivity contribution in [1.82, 2.24) is 5.32 Å². The number of carbonyl (C=O) groups excluding carboxylic acids is 1. The SMILES string of the molecule is CCNc1ccc(Cl)cc1C(=O)NC1CCCC1SC. The van der Waals surface area contributed by atoms with E-state index in [1.54, 1.807) is 12.1 Å². The lowest BCUT2D eigenvalue weighted by atomic mass is 10.1. The van der Waals surface area contributed by atoms with Crippen LogP contribution in [-0.4, -0.2) is 30.0 Å². The molecule has 1 aliphatic rings. The Morgan fingerprint density at radius 2 is 2.25 bits per heavy atom. The predicted molar refractivity (Wildman–Crippen MR) is 88.0 cm³/mol. The predicted octanol–water partition coefficient (Wildman–Crippen LogP) is 3.79. The molecule has 0 radical (unpaired) electrons. The molecule has 2 rings (SSSR count). The molecule has 20 heavy (non-hydrogen) atoms. The van der Waals surface area contributed by atoms with E-state index in [2.05, 4.69) is 16.9 Å². The third kappa shape index (κ3) is 3.61. The fraction of sp³-hybridized carbons (Fsp3) is 0.533. The summed E-state index contributed by atoms with van der Waals surface area (Å²) in [7, 11) is 0. The Bertz CT molecular complexity index is 481. The fourth-order valence-electron chi connectivity index (χ4n) is 2.67. The average Bonchev–Trinajstić information content (AvgIpc) is 2.88. The lowest BCUT2D eigenvalue weighted by Crippen LogP contribution is -2.38. The van der Waals surface area contributed by atoms with Crippen LogP contribution in [0.3, 0.4) is 0 Å². The zero-order chi connectivity index (χ0) is 14.5. The van der Waals surface area contributed by atoms with Gasteiger partial charge in [0.2, 0.25) is 0 Å². The van der Waals surface area contributed by atoms with Crippen molar-refractivity contribution in [1.29, 1.82) is 0 Å². The number of thioether (sulfide) groups is 1. The van der Waals surface area contributed by atoms with Gasteiger partial charge in [0.25, 0.3) is 5.91 Å². The van der Waals surface area contributed by atoms with Crippen molar-refractivity contribution < 1.29 is 4.79 Å². The largest absolute Gasteiger partial charge is 0.385 e. The van der Waals surface area contributed by atoms with Gasteiger partial charge in [0, 0.05) is 28.5 Å². The number of nitrogens with one attached hydrogen (secondary N) is 2. The maximum Gasteiger partial charge on any atom is 0.253 e. The highest BCUT2D eigenvalue weighted by molar-refractivity contribution is 7.99. The molecule has 1 aliphatic carbocycles. The Morgan fingerprint density at radius 1 is 1.45 bits per heavy atom. The summed E-state index contributed by atoms with van der Waals surface area (Å²) in [6.45, 7) is 2.79. The average molecular weight is 313 g/mol. The number of anilines is 1. The number of benzene rings is 1. The van der Waals surface area contributed by atoms with Gasteiger partial charge in [-0.05, 0) is 44.2 Å². The molecule has 0 aliphatic heterocycles. The maximum absolute atomic E-state index is 12.5. The summed E-state index contributed by atoms with van der Waals surface area (Å²) >= 11 is 7.86. The van der Waals surface area contributed by atoms with Crippen molar-refractivity contribution in [3.05, 3.63) is 28.8 Å². The highest BCUT2D eigenvalue weighted by Gasteiger charge is 2.28. The zero-order valence-corrected chi connectivity index (χ0v) is 13.5. The Morgan fingerprint density at radius 3 is 2.95 bits per heavy atom. The first-order chi connectivity index (χ1) is 9.65. The molecule has 0 bridgehead atoms. The van der Waals surface area contributed by atoms with Crippen molar-refractivity contribution in [3.63, 3.8) is 0 Å². The van der Waals surface area contributed by atoms with Crippen molar-refractivity contribution in [2.24, 2.45) is 0 Å². The minimum Gasteiger partial charge on any atom is -0.385 e. The molecule has 2 N–H and O–H groups in total. The molecule has 1 aromatic carbocycles. The van der Waals surface area contributed by atoms with Gasteiger partial charge in [-0.25, -0.2) is 0 Å². The number of carbonyl (C=O) groups is 1. The van der Waals surface area contributed by atoms with Gasteiger partial charge in [-0.15, -0.1) is 0 Å². The molecule has 110 valence electrons. The summed E-state index contributed by atoms with van der Waals surface area (Å²) in [4.78, 5) is 12.5. The van der Waals surface area contributed by atoms with Crippen molar-refractivity contribution in [2.75, 3.05) is 18.1 Å². The van der Waals surface area contributed by atoms with E-state index < -0.39 is 0 Å². The van der Waals surface area contributed by atoms with Crippen LogP contribution in [0.2, 0.25) is 5.02 Å². The third-order valence-corrected chi connectivity index (χ3v) is 5.07. The molecule has 2 unspecified atom stereocenters. The minimum atomic E-state index is -0.0330. The Labute approximate surface area is 129 Å². The molecular weight excluding hydrogens is 292 g/mol. The van der Waals surface area contributed by atoms with Crippen LogP contribution in [0, 0.1) is 0 Å². The molecule has 1 fully saturated rings. The minimum absolute atomic E-state index is 0.0330. The smallest absolute Gasteiger partial charge is 0.253 e. The number of hydrogen-bond donors (Lipinski definition) is 2. The second-order valence-corrected chi connectivity index (χ2v) is 6.52. The molecule has 1 amide bonds. The van der Waals surface area contributed by atoms with Gasteiger partial charge in [-0.2, -0.15) is 11.8 Å². The van der Waals surface area contributed by atoms with E-state index >= 15 is 0 Å². The maximum atomic E-state index is 12.5. The van der Waals surface area contributed by atoms with Gasteiger partial charge >= 0.3 is 0 Å². The van der Waals surface area contributed by atoms with Crippen LogP contribution in [0.15, 0.2) is 18.2 Å². The topological polar surface area (TPSA) is 41.1 Å². The first-order valence-electron chi connectivity index (χ1n) is 7.02. The van der Waals surface area contributed by atoms with Crippen LogP contribution >= 0.6 is 23.4 Å². The molecule has 0 heterocycles. The molecule has 0 aromatic heterocycles. The zero-order valence-electron chi connectivity index (χ0n) is 11.9. The molecule has 0 spiro atoms. The highest BCUT2D eigenvalue weighted by Crippen LogP contribution is 2.29. The first-order valence-corrected chi connectivity index (χ1v) is 8.69. The fourth-order valence-corrected chi connectivity index (χ4v) is 3.78. The van der Waals surface area contributed by atoms with Gasteiger partial charge in [-0.1, -0.05) is 18.0 Å². The van der Waals surface area contributed by atoms with Crippen LogP contribution in [0.1, 0.15) is 36.5 Å². The van der Waals surface area contributed by atoms with Crippen LogP contribution in [-0.2, 0) is 0 Å². The summed E-state index contributed by atoms with van der Waals surface area (Å²) in [6, 6.07) is 5.67. The van der Waals surface area contributed by atoms with Gasteiger partial charge in [0.1, 0.15) is 0 Å². The summed E-state index contributed by atoms with van der Waals surface area (Å²) in [6.07, 6.45) is 5.54. The second kappa shape index (κ2) is 7.23. The van der Waals surface area contributed by atoms with Crippen molar-refractivity contribution in [3.8, 4) is 0 Å². The van der Waals surface area contributed by atoms with Gasteiger partial charge < -0.3 is 10.6 Å². The van der Waals surface area contributed by atoms with Crippen LogP contribution in [0.25, 0.3) is 0 Å². The molecule has 1 saturated carbocycles. The normalized spacial score (nSPS) is 21.8. The summed E-state index contributed by atoms with van der Waals surface area (Å²) in [5, 5.41) is 7.49. The lowest BCUT2D eigenvalue weighted by Gasteiger charge is -2.20. The van der Waals surface area contributed by atoms with Gasteiger partial charge in [0.05, 0.1) is 5.56 Å². The summed E-state index contributed by atoms with van der Waals surface area (Å²) in [5.74, 6) is -0.0330. The molecule has 0 saturated heterocycles. The summed E-state index contributed by atoms with van der Waals surface area (Å²) in [5.41, 5.74) is 1.47. The molecule has 3 nitrogen and oxygen atoms in total. The van der Waals surface area contributed by atoms with Crippen molar-refractivity contribution >= 4 is 35.0 Å². The second-order valence-electron chi connectivity index (χ2n) is 5.01. The highest BCUT2D eigenvalue weighted by atomic mass is 35.5. The van der Waals surface area contributed by atoms with E-state index in [1.165, 1.54) is 12.8 Å². The van der Waals surface area contributed by atoms with Crippen LogP contribution in [0.5, 0.6) is 0 Å². The molecular formula is C15H21ClN2OS. The van der Waals surface area contributed by atoms with Crippen LogP contribution < -0.4 is 10.6 Å². The van der Waals surface area contributed by atoms with Gasteiger partial charge in [0.15, 0.2) is 0 Å². The quantitative estimate of drug-likeness (QED) is 0.869. The standard InChI is InChI=1S/C15H21ClN2OS/c1-3-17-12-8-7-10(16)9-11(12)15(19)18-13-5-4-6-14(13)20-2/h7-9,13-14,17H,3-6H2,1-2H3,(H,18,19). The van der Waals surface area contributed by atoms with E-state index in [9.17, 15) is 4.79 Å². The van der Waals surface area contributed by atoms with Gasteiger partial charge in [-0.3, -0.25) is 4.79 Å². The lowest BCUT2D eigenvalue weighted by molar-refractivity contribution is 0.0939. The summed E-state index contributed by atoms with van der Waals surface area (Å²) < 4.78 is 0. The Kier molecular flexibility index (Phi) is 5.61. The Hall–Kier alpha value is -0.870. The Balaban J connectivity index is 2.13. The van der Waals surface area contributed by atoms with E-state index in [-0.39, 0.29) is 11.9 Å². The number of hydrogen-bond acceptors (Lipinski definition) is 3. The van der Waals surface area contributed by atoms with Crippen LogP contribution in [0.4, 0.5) is 5.69 Å². The third-order valence-electron chi connectivity index (χ3n) is 3.67. The number of amides is 1. The van der Waals surface area contributed by atoms with E-state index in [1.807, 2.05) is 24.8 Å². The monoisotopic (exact) mass is 312 g/mol. The number of rotatable bonds is 5. The van der Waals surface area contributed by atoms with Crippen molar-refractivity contribution in [2.45, 2.75) is 37.5 Å². The number of halogens is 1. The molecule has 2 atom stereocenters. The molecule has 1 aromatic rings. The first kappa shape index (κ1) is 15.5.